The van der Waals surface area contributed by atoms with Crippen LogP contribution in [0.2, 0.25) is 0 Å². The largest absolute Gasteiger partial charge is 0.336 e. The highest BCUT2D eigenvalue weighted by Gasteiger charge is 2.25. The van der Waals surface area contributed by atoms with Crippen LogP contribution in [0, 0.1) is 0 Å². The maximum atomic E-state index is 11.9. The van der Waals surface area contributed by atoms with Crippen LogP contribution in [-0.2, 0) is 13.6 Å². The smallest absolute Gasteiger partial charge is 0.325 e. The van der Waals surface area contributed by atoms with E-state index in [0.717, 1.165) is 10.6 Å². The Hall–Kier alpha value is -2.97. The van der Waals surface area contributed by atoms with Crippen molar-refractivity contribution in [3.05, 3.63) is 30.4 Å². The van der Waals surface area contributed by atoms with Gasteiger partial charge >= 0.3 is 12.1 Å². The summed E-state index contributed by atoms with van der Waals surface area (Å²) in [6, 6.07) is 1.04. The molecule has 3 heterocycles. The molecule has 3 rings (SSSR count). The fourth-order valence-corrected chi connectivity index (χ4v) is 2.15. The standard InChI is InChI=1S/C13H15N7O2/c1-19-9(6-10(18-19)11-8-14-2-3-15-11)7-17-13(22)20-5-4-16-12(20)21/h2-3,6,8H,4-5,7H2,1H3,(H,16,21)(H,17,22). The third kappa shape index (κ3) is 2.73. The van der Waals surface area contributed by atoms with Crippen LogP contribution in [0.15, 0.2) is 24.7 Å². The van der Waals surface area contributed by atoms with Crippen LogP contribution >= 0.6 is 0 Å². The van der Waals surface area contributed by atoms with Gasteiger partial charge in [-0.15, -0.1) is 0 Å². The van der Waals surface area contributed by atoms with Crippen molar-refractivity contribution in [1.82, 2.24) is 35.3 Å². The molecule has 0 atom stereocenters. The number of hydrogen-bond acceptors (Lipinski definition) is 5. The van der Waals surface area contributed by atoms with Gasteiger partial charge in [-0.1, -0.05) is 0 Å². The molecule has 2 aromatic heterocycles. The number of urea groups is 2. The van der Waals surface area contributed by atoms with Gasteiger partial charge in [-0.25, -0.2) is 14.5 Å². The number of nitrogens with one attached hydrogen (secondary N) is 2. The van der Waals surface area contributed by atoms with Crippen molar-refractivity contribution in [1.29, 1.82) is 0 Å². The van der Waals surface area contributed by atoms with E-state index in [4.69, 9.17) is 0 Å². The van der Waals surface area contributed by atoms with Crippen molar-refractivity contribution in [2.75, 3.05) is 13.1 Å². The van der Waals surface area contributed by atoms with Gasteiger partial charge in [-0.2, -0.15) is 5.10 Å². The van der Waals surface area contributed by atoms with Crippen LogP contribution in [0.3, 0.4) is 0 Å². The second-order valence-corrected chi connectivity index (χ2v) is 4.78. The maximum absolute atomic E-state index is 11.9. The number of carbonyl (C=O) groups is 2. The number of aromatic nitrogens is 4. The fraction of sp³-hybridized carbons (Fsp3) is 0.308. The Morgan fingerprint density at radius 1 is 1.41 bits per heavy atom. The van der Waals surface area contributed by atoms with Crippen LogP contribution in [0.4, 0.5) is 9.59 Å². The number of hydrogen-bond donors (Lipinski definition) is 2. The summed E-state index contributed by atoms with van der Waals surface area (Å²) < 4.78 is 1.66. The van der Waals surface area contributed by atoms with Crippen LogP contribution in [-0.4, -0.2) is 49.8 Å². The van der Waals surface area contributed by atoms with E-state index in [0.29, 0.717) is 24.5 Å². The molecule has 22 heavy (non-hydrogen) atoms. The summed E-state index contributed by atoms with van der Waals surface area (Å²) in [7, 11) is 1.78. The lowest BCUT2D eigenvalue weighted by Crippen LogP contribution is -2.41. The lowest BCUT2D eigenvalue weighted by Gasteiger charge is -2.13. The molecule has 0 saturated carbocycles. The zero-order chi connectivity index (χ0) is 15.5. The highest BCUT2D eigenvalue weighted by molar-refractivity contribution is 5.94. The molecule has 0 unspecified atom stereocenters. The van der Waals surface area contributed by atoms with E-state index in [1.54, 1.807) is 30.3 Å². The van der Waals surface area contributed by atoms with Gasteiger partial charge in [0.15, 0.2) is 0 Å². The minimum Gasteiger partial charge on any atom is -0.336 e. The van der Waals surface area contributed by atoms with Gasteiger partial charge in [0, 0.05) is 32.5 Å². The van der Waals surface area contributed by atoms with Gasteiger partial charge in [-0.05, 0) is 6.07 Å². The van der Waals surface area contributed by atoms with Crippen LogP contribution in [0.1, 0.15) is 5.69 Å². The van der Waals surface area contributed by atoms with Gasteiger partial charge in [-0.3, -0.25) is 14.6 Å². The molecule has 2 aromatic rings. The average Bonchev–Trinajstić information content (AvgIpc) is 3.12. The van der Waals surface area contributed by atoms with E-state index in [-0.39, 0.29) is 12.6 Å². The molecule has 1 fully saturated rings. The third-order valence-electron chi connectivity index (χ3n) is 3.33. The molecule has 0 aliphatic carbocycles. The molecule has 0 radical (unpaired) electrons. The third-order valence-corrected chi connectivity index (χ3v) is 3.33. The van der Waals surface area contributed by atoms with Crippen molar-refractivity contribution in [2.24, 2.45) is 7.05 Å². The minimum absolute atomic E-state index is 0.270. The summed E-state index contributed by atoms with van der Waals surface area (Å²) in [6.07, 6.45) is 4.81. The number of nitrogens with zero attached hydrogens (tertiary/aromatic N) is 5. The van der Waals surface area contributed by atoms with Crippen LogP contribution in [0.5, 0.6) is 0 Å². The van der Waals surface area contributed by atoms with Crippen LogP contribution < -0.4 is 10.6 Å². The van der Waals surface area contributed by atoms with E-state index in [2.05, 4.69) is 25.7 Å². The summed E-state index contributed by atoms with van der Waals surface area (Å²) >= 11 is 0. The molecule has 114 valence electrons. The summed E-state index contributed by atoms with van der Waals surface area (Å²) in [6.45, 7) is 1.13. The first-order chi connectivity index (χ1) is 10.6. The SMILES string of the molecule is Cn1nc(-c2cnccn2)cc1CNC(=O)N1CCNC1=O. The van der Waals surface area contributed by atoms with Crippen molar-refractivity contribution in [3.8, 4) is 11.4 Å². The number of carbonyl (C=O) groups excluding carboxylic acids is 2. The number of amides is 4. The van der Waals surface area contributed by atoms with Crippen LogP contribution in [0.25, 0.3) is 11.4 Å². The molecule has 1 saturated heterocycles. The average molecular weight is 301 g/mol. The Morgan fingerprint density at radius 2 is 2.27 bits per heavy atom. The van der Waals surface area contributed by atoms with Gasteiger partial charge in [0.25, 0.3) is 0 Å². The predicted octanol–water partition coefficient (Wildman–Crippen LogP) is 0.112. The molecule has 0 spiro atoms. The summed E-state index contributed by atoms with van der Waals surface area (Å²) in [5.74, 6) is 0. The Balaban J connectivity index is 1.67. The fourth-order valence-electron chi connectivity index (χ4n) is 2.15. The van der Waals surface area contributed by atoms with E-state index in [1.165, 1.54) is 0 Å². The molecular formula is C13H15N7O2. The second kappa shape index (κ2) is 5.80. The van der Waals surface area contributed by atoms with Crippen molar-refractivity contribution in [3.63, 3.8) is 0 Å². The maximum Gasteiger partial charge on any atom is 0.325 e. The number of aryl methyl sites for hydroxylation is 1. The Labute approximate surface area is 126 Å². The molecule has 9 nitrogen and oxygen atoms in total. The molecule has 1 aliphatic heterocycles. The second-order valence-electron chi connectivity index (χ2n) is 4.78. The van der Waals surface area contributed by atoms with E-state index >= 15 is 0 Å². The summed E-state index contributed by atoms with van der Waals surface area (Å²) in [4.78, 5) is 32.6. The van der Waals surface area contributed by atoms with Gasteiger partial charge in [0.1, 0.15) is 11.4 Å². The zero-order valence-corrected chi connectivity index (χ0v) is 12.0. The van der Waals surface area contributed by atoms with Gasteiger partial charge in [0.05, 0.1) is 18.4 Å². The molecular weight excluding hydrogens is 286 g/mol. The van der Waals surface area contributed by atoms with E-state index < -0.39 is 6.03 Å². The molecule has 0 aromatic carbocycles. The number of rotatable bonds is 3. The summed E-state index contributed by atoms with van der Waals surface area (Å²) in [5.41, 5.74) is 2.14. The topological polar surface area (TPSA) is 105 Å². The first-order valence-corrected chi connectivity index (χ1v) is 6.77. The lowest BCUT2D eigenvalue weighted by molar-refractivity contribution is 0.198. The zero-order valence-electron chi connectivity index (χ0n) is 12.0. The van der Waals surface area contributed by atoms with E-state index in [9.17, 15) is 9.59 Å². The Bertz CT molecular complexity index is 698. The molecule has 0 bridgehead atoms. The number of imide groups is 1. The highest BCUT2D eigenvalue weighted by Crippen LogP contribution is 2.15. The van der Waals surface area contributed by atoms with Crippen molar-refractivity contribution < 1.29 is 9.59 Å². The normalized spacial score (nSPS) is 14.0. The minimum atomic E-state index is -0.419. The summed E-state index contributed by atoms with van der Waals surface area (Å²) in [5, 5.41) is 9.63. The Kier molecular flexibility index (Phi) is 3.69. The Morgan fingerprint density at radius 3 is 2.95 bits per heavy atom. The lowest BCUT2D eigenvalue weighted by atomic mass is 10.3. The van der Waals surface area contributed by atoms with E-state index in [1.807, 2.05) is 6.07 Å². The van der Waals surface area contributed by atoms with Crippen molar-refractivity contribution in [2.45, 2.75) is 6.54 Å². The quantitative estimate of drug-likeness (QED) is 0.837. The highest BCUT2D eigenvalue weighted by atomic mass is 16.2. The molecule has 9 heteroatoms. The first kappa shape index (κ1) is 14.0. The molecule has 1 aliphatic rings. The van der Waals surface area contributed by atoms with Gasteiger partial charge < -0.3 is 10.6 Å². The predicted molar refractivity (Wildman–Crippen MR) is 76.6 cm³/mol. The van der Waals surface area contributed by atoms with Crippen molar-refractivity contribution >= 4 is 12.1 Å². The van der Waals surface area contributed by atoms with Gasteiger partial charge in [0.2, 0.25) is 0 Å². The molecule has 4 amide bonds. The monoisotopic (exact) mass is 301 g/mol. The molecule has 2 N–H and O–H groups in total. The first-order valence-electron chi connectivity index (χ1n) is 6.77.